The maximum absolute atomic E-state index is 9.89. The molecule has 2 aromatic carbocycles. The van der Waals surface area contributed by atoms with E-state index in [1.54, 1.807) is 0 Å². The summed E-state index contributed by atoms with van der Waals surface area (Å²) < 4.78 is 4.04. The SMILES string of the molecule is CC(C)c1nn(-c2ccc(C#N)c(N[C@H]3CC[C@H](O)CC3)c2)c2nccc(-c3ccc4c(ccn4C)c3)c12. The smallest absolute Gasteiger partial charge is 0.163 e. The van der Waals surface area contributed by atoms with Crippen molar-refractivity contribution in [3.63, 3.8) is 0 Å². The fourth-order valence-corrected chi connectivity index (χ4v) is 5.66. The lowest BCUT2D eigenvalue weighted by molar-refractivity contribution is 0.126. The van der Waals surface area contributed by atoms with Gasteiger partial charge in [0, 0.05) is 36.4 Å². The number of aromatic nitrogens is 4. The van der Waals surface area contributed by atoms with E-state index in [9.17, 15) is 10.4 Å². The van der Waals surface area contributed by atoms with Gasteiger partial charge in [-0.05, 0) is 85.2 Å². The van der Waals surface area contributed by atoms with Crippen LogP contribution in [0.15, 0.2) is 60.9 Å². The van der Waals surface area contributed by atoms with Crippen LogP contribution in [0.5, 0.6) is 0 Å². The van der Waals surface area contributed by atoms with Crippen molar-refractivity contribution in [2.75, 3.05) is 5.32 Å². The van der Waals surface area contributed by atoms with Crippen LogP contribution in [-0.4, -0.2) is 36.6 Å². The quantitative estimate of drug-likeness (QED) is 0.293. The molecule has 0 saturated heterocycles. The molecule has 0 atom stereocenters. The summed E-state index contributed by atoms with van der Waals surface area (Å²) in [6, 6.07) is 19.1. The number of benzene rings is 2. The summed E-state index contributed by atoms with van der Waals surface area (Å²) in [5.41, 5.74) is 7.51. The average Bonchev–Trinajstić information content (AvgIpc) is 3.50. The number of rotatable bonds is 5. The van der Waals surface area contributed by atoms with Crippen molar-refractivity contribution in [3.8, 4) is 22.9 Å². The van der Waals surface area contributed by atoms with Crippen LogP contribution in [0, 0.1) is 11.3 Å². The number of pyridine rings is 1. The lowest BCUT2D eigenvalue weighted by Gasteiger charge is -2.27. The highest BCUT2D eigenvalue weighted by Crippen LogP contribution is 2.36. The molecule has 0 bridgehead atoms. The number of anilines is 1. The van der Waals surface area contributed by atoms with E-state index in [0.29, 0.717) is 5.56 Å². The van der Waals surface area contributed by atoms with Crippen molar-refractivity contribution < 1.29 is 5.11 Å². The van der Waals surface area contributed by atoms with E-state index in [2.05, 4.69) is 73.4 Å². The highest BCUT2D eigenvalue weighted by atomic mass is 16.3. The van der Waals surface area contributed by atoms with Crippen LogP contribution in [-0.2, 0) is 7.05 Å². The molecule has 7 nitrogen and oxygen atoms in total. The largest absolute Gasteiger partial charge is 0.393 e. The van der Waals surface area contributed by atoms with Crippen LogP contribution in [0.3, 0.4) is 0 Å². The first-order valence-electron chi connectivity index (χ1n) is 13.3. The van der Waals surface area contributed by atoms with E-state index in [1.165, 1.54) is 10.9 Å². The van der Waals surface area contributed by atoms with Crippen molar-refractivity contribution in [2.45, 2.75) is 57.6 Å². The minimum atomic E-state index is -0.220. The number of nitrogens with zero attached hydrogens (tertiary/aromatic N) is 5. The molecule has 0 unspecified atom stereocenters. The molecule has 1 fully saturated rings. The van der Waals surface area contributed by atoms with Gasteiger partial charge < -0.3 is 15.0 Å². The monoisotopic (exact) mass is 504 g/mol. The minimum Gasteiger partial charge on any atom is -0.393 e. The summed E-state index contributed by atoms with van der Waals surface area (Å²) in [6.07, 6.45) is 7.04. The minimum absolute atomic E-state index is 0.201. The van der Waals surface area contributed by atoms with Crippen LogP contribution < -0.4 is 5.32 Å². The van der Waals surface area contributed by atoms with E-state index >= 15 is 0 Å². The molecule has 2 N–H and O–H groups in total. The molecule has 0 aliphatic heterocycles. The Morgan fingerprint density at radius 2 is 1.87 bits per heavy atom. The summed E-state index contributed by atoms with van der Waals surface area (Å²) in [5.74, 6) is 0.201. The molecule has 192 valence electrons. The molecule has 3 aromatic heterocycles. The van der Waals surface area contributed by atoms with Gasteiger partial charge >= 0.3 is 0 Å². The van der Waals surface area contributed by atoms with Gasteiger partial charge in [0.05, 0.1) is 34.1 Å². The second-order valence-electron chi connectivity index (χ2n) is 10.7. The predicted octanol–water partition coefficient (Wildman–Crippen LogP) is 6.29. The zero-order valence-corrected chi connectivity index (χ0v) is 22.0. The third-order valence-corrected chi connectivity index (χ3v) is 7.76. The molecule has 0 amide bonds. The number of aliphatic hydroxyl groups excluding tert-OH is 1. The van der Waals surface area contributed by atoms with E-state index in [1.807, 2.05) is 29.1 Å². The van der Waals surface area contributed by atoms with Crippen molar-refractivity contribution in [1.29, 1.82) is 5.26 Å². The summed E-state index contributed by atoms with van der Waals surface area (Å²) in [6.45, 7) is 4.32. The van der Waals surface area contributed by atoms with Gasteiger partial charge in [-0.15, -0.1) is 0 Å². The number of fused-ring (bicyclic) bond motifs is 2. The number of hydrogen-bond acceptors (Lipinski definition) is 5. The van der Waals surface area contributed by atoms with Gasteiger partial charge in [0.2, 0.25) is 0 Å². The van der Waals surface area contributed by atoms with Crippen LogP contribution in [0.4, 0.5) is 5.69 Å². The Morgan fingerprint density at radius 3 is 2.63 bits per heavy atom. The van der Waals surface area contributed by atoms with E-state index < -0.39 is 0 Å². The maximum atomic E-state index is 9.89. The Kier molecular flexibility index (Phi) is 6.13. The maximum Gasteiger partial charge on any atom is 0.163 e. The highest BCUT2D eigenvalue weighted by Gasteiger charge is 2.22. The van der Waals surface area contributed by atoms with Crippen molar-refractivity contribution in [2.24, 2.45) is 7.05 Å². The topological polar surface area (TPSA) is 91.7 Å². The predicted molar refractivity (Wildman–Crippen MR) is 151 cm³/mol. The van der Waals surface area contributed by atoms with Gasteiger partial charge in [-0.1, -0.05) is 19.9 Å². The number of hydrogen-bond donors (Lipinski definition) is 2. The Morgan fingerprint density at radius 1 is 1.05 bits per heavy atom. The lowest BCUT2D eigenvalue weighted by Crippen LogP contribution is -2.28. The van der Waals surface area contributed by atoms with Gasteiger partial charge in [0.25, 0.3) is 0 Å². The normalized spacial score (nSPS) is 17.8. The first kappa shape index (κ1) is 24.2. The zero-order valence-electron chi connectivity index (χ0n) is 22.0. The molecule has 0 spiro atoms. The van der Waals surface area contributed by atoms with E-state index in [-0.39, 0.29) is 18.1 Å². The molecule has 5 aromatic rings. The zero-order chi connectivity index (χ0) is 26.4. The summed E-state index contributed by atoms with van der Waals surface area (Å²) >= 11 is 0. The number of aliphatic hydroxyl groups is 1. The third kappa shape index (κ3) is 4.21. The highest BCUT2D eigenvalue weighted by molar-refractivity contribution is 5.98. The molecule has 3 heterocycles. The second-order valence-corrected chi connectivity index (χ2v) is 10.7. The van der Waals surface area contributed by atoms with Crippen molar-refractivity contribution in [1.82, 2.24) is 19.3 Å². The lowest BCUT2D eigenvalue weighted by atomic mass is 9.93. The fourth-order valence-electron chi connectivity index (χ4n) is 5.66. The van der Waals surface area contributed by atoms with Crippen LogP contribution in [0.2, 0.25) is 0 Å². The molecule has 1 aliphatic carbocycles. The van der Waals surface area contributed by atoms with E-state index in [0.717, 1.165) is 64.9 Å². The van der Waals surface area contributed by atoms with Crippen LogP contribution in [0.25, 0.3) is 38.8 Å². The van der Waals surface area contributed by atoms with Crippen molar-refractivity contribution >= 4 is 27.6 Å². The first-order chi connectivity index (χ1) is 18.4. The number of aryl methyl sites for hydroxylation is 1. The second kappa shape index (κ2) is 9.62. The fraction of sp³-hybridized carbons (Fsp3) is 0.323. The summed E-state index contributed by atoms with van der Waals surface area (Å²) in [5, 5.41) is 30.6. The van der Waals surface area contributed by atoms with Crippen molar-refractivity contribution in [3.05, 3.63) is 72.2 Å². The Bertz CT molecular complexity index is 1680. The summed E-state index contributed by atoms with van der Waals surface area (Å²) in [7, 11) is 2.06. The van der Waals surface area contributed by atoms with E-state index in [4.69, 9.17) is 10.1 Å². The summed E-state index contributed by atoms with van der Waals surface area (Å²) in [4.78, 5) is 4.79. The number of nitriles is 1. The Labute approximate surface area is 222 Å². The van der Waals surface area contributed by atoms with Gasteiger partial charge in [0.1, 0.15) is 6.07 Å². The first-order valence-corrected chi connectivity index (χ1v) is 13.3. The average molecular weight is 505 g/mol. The number of nitrogens with one attached hydrogen (secondary N) is 1. The van der Waals surface area contributed by atoms with Gasteiger partial charge in [-0.2, -0.15) is 10.4 Å². The van der Waals surface area contributed by atoms with Gasteiger partial charge in [-0.25, -0.2) is 9.67 Å². The Hall–Kier alpha value is -4.15. The molecule has 38 heavy (non-hydrogen) atoms. The van der Waals surface area contributed by atoms with Crippen LogP contribution in [0.1, 0.15) is 56.7 Å². The molecule has 7 heteroatoms. The third-order valence-electron chi connectivity index (χ3n) is 7.76. The van der Waals surface area contributed by atoms with Gasteiger partial charge in [-0.3, -0.25) is 0 Å². The molecular weight excluding hydrogens is 472 g/mol. The molecule has 6 rings (SSSR count). The van der Waals surface area contributed by atoms with Crippen LogP contribution >= 0.6 is 0 Å². The molecular formula is C31H32N6O. The molecule has 0 radical (unpaired) electrons. The Balaban J connectivity index is 1.47. The molecule has 1 aliphatic rings. The molecule has 1 saturated carbocycles. The van der Waals surface area contributed by atoms with Gasteiger partial charge in [0.15, 0.2) is 5.65 Å². The standard InChI is InChI=1S/C31H32N6O/c1-19(2)30-29-26(20-5-11-28-21(16-20)13-15-36(28)3)12-14-33-31(29)37(35-30)24-8-4-22(18-32)27(17-24)34-23-6-9-25(38)10-7-23/h4-5,8,11-17,19,23,25,34,38H,6-7,9-10H2,1-3H3/t23-,25-.